The quantitative estimate of drug-likeness (QED) is 0.666. The molecule has 1 aliphatic rings. The van der Waals surface area contributed by atoms with Gasteiger partial charge in [0.05, 0.1) is 29.9 Å². The van der Waals surface area contributed by atoms with Crippen molar-refractivity contribution in [1.82, 2.24) is 19.9 Å². The van der Waals surface area contributed by atoms with Gasteiger partial charge in [-0.2, -0.15) is 0 Å². The van der Waals surface area contributed by atoms with E-state index >= 15 is 0 Å². The predicted octanol–water partition coefficient (Wildman–Crippen LogP) is 2.18. The maximum atomic E-state index is 12.9. The second-order valence-corrected chi connectivity index (χ2v) is 7.68. The number of nitrogens with one attached hydrogen (secondary N) is 1. The Labute approximate surface area is 172 Å². The lowest BCUT2D eigenvalue weighted by atomic mass is 9.97. The van der Waals surface area contributed by atoms with Crippen LogP contribution in [0.2, 0.25) is 5.02 Å². The Morgan fingerprint density at radius 3 is 2.86 bits per heavy atom. The molecule has 1 aromatic carbocycles. The van der Waals surface area contributed by atoms with Crippen LogP contribution in [0.4, 0.5) is 0 Å². The van der Waals surface area contributed by atoms with E-state index in [-0.39, 0.29) is 30.3 Å². The maximum Gasteiger partial charge on any atom is 0.261 e. The number of nitrogens with zero attached hydrogens (tertiary/aromatic N) is 3. The summed E-state index contributed by atoms with van der Waals surface area (Å²) in [6, 6.07) is 6.76. The summed E-state index contributed by atoms with van der Waals surface area (Å²) in [5.74, 6) is -0.133. The van der Waals surface area contributed by atoms with Crippen molar-refractivity contribution in [1.29, 1.82) is 0 Å². The molecule has 2 aromatic heterocycles. The highest BCUT2D eigenvalue weighted by atomic mass is 35.5. The molecule has 7 nitrogen and oxygen atoms in total. The van der Waals surface area contributed by atoms with Crippen molar-refractivity contribution in [2.24, 2.45) is 0 Å². The van der Waals surface area contributed by atoms with E-state index in [4.69, 9.17) is 11.6 Å². The molecule has 1 aliphatic heterocycles. The van der Waals surface area contributed by atoms with E-state index in [2.05, 4.69) is 15.3 Å². The highest BCUT2D eigenvalue weighted by Gasteiger charge is 2.25. The van der Waals surface area contributed by atoms with Gasteiger partial charge in [-0.3, -0.25) is 19.1 Å². The SMILES string of the molecule is O=C(C[C@@H]1NCCC[C@H]1O)Cn1cnc2cc(-c3ccncc3)c(Cl)cc2c1=O. The maximum absolute atomic E-state index is 12.9. The van der Waals surface area contributed by atoms with Gasteiger partial charge in [-0.25, -0.2) is 4.98 Å². The summed E-state index contributed by atoms with van der Waals surface area (Å²) in [4.78, 5) is 33.7. The van der Waals surface area contributed by atoms with Crippen LogP contribution in [0.5, 0.6) is 0 Å². The van der Waals surface area contributed by atoms with Crippen molar-refractivity contribution in [3.05, 3.63) is 58.4 Å². The molecule has 2 N–H and O–H groups in total. The lowest BCUT2D eigenvalue weighted by Crippen LogP contribution is -2.46. The first-order valence-corrected chi connectivity index (χ1v) is 9.93. The number of hydrogen-bond donors (Lipinski definition) is 2. The summed E-state index contributed by atoms with van der Waals surface area (Å²) in [5, 5.41) is 14.0. The summed E-state index contributed by atoms with van der Waals surface area (Å²) in [7, 11) is 0. The highest BCUT2D eigenvalue weighted by molar-refractivity contribution is 6.34. The van der Waals surface area contributed by atoms with Crippen LogP contribution in [-0.2, 0) is 11.3 Å². The zero-order chi connectivity index (χ0) is 20.4. The molecule has 1 fully saturated rings. The molecule has 0 amide bonds. The highest BCUT2D eigenvalue weighted by Crippen LogP contribution is 2.30. The van der Waals surface area contributed by atoms with Crippen LogP contribution < -0.4 is 10.9 Å². The van der Waals surface area contributed by atoms with Crippen molar-refractivity contribution in [2.45, 2.75) is 38.0 Å². The number of aliphatic hydroxyl groups is 1. The molecule has 0 spiro atoms. The van der Waals surface area contributed by atoms with Crippen molar-refractivity contribution < 1.29 is 9.90 Å². The Balaban J connectivity index is 1.59. The number of fused-ring (bicyclic) bond motifs is 1. The molecule has 150 valence electrons. The molecule has 8 heteroatoms. The minimum Gasteiger partial charge on any atom is -0.391 e. The molecule has 1 saturated heterocycles. The molecular weight excluding hydrogens is 392 g/mol. The van der Waals surface area contributed by atoms with Crippen LogP contribution in [0.25, 0.3) is 22.0 Å². The number of aliphatic hydroxyl groups excluding tert-OH is 1. The van der Waals surface area contributed by atoms with Crippen molar-refractivity contribution >= 4 is 28.3 Å². The molecule has 3 heterocycles. The van der Waals surface area contributed by atoms with Crippen LogP contribution in [0.3, 0.4) is 0 Å². The van der Waals surface area contributed by atoms with Gasteiger partial charge >= 0.3 is 0 Å². The van der Waals surface area contributed by atoms with Crippen molar-refractivity contribution in [3.8, 4) is 11.1 Å². The van der Waals surface area contributed by atoms with E-state index in [0.29, 0.717) is 22.3 Å². The zero-order valence-electron chi connectivity index (χ0n) is 15.7. The van der Waals surface area contributed by atoms with E-state index in [1.165, 1.54) is 10.9 Å². The molecule has 29 heavy (non-hydrogen) atoms. The minimum atomic E-state index is -0.537. The molecule has 4 rings (SSSR count). The van der Waals surface area contributed by atoms with E-state index in [9.17, 15) is 14.7 Å². The second kappa shape index (κ2) is 8.41. The van der Waals surface area contributed by atoms with Gasteiger partial charge in [-0.05, 0) is 49.2 Å². The summed E-state index contributed by atoms with van der Waals surface area (Å²) in [6.45, 7) is 0.696. The number of piperidine rings is 1. The second-order valence-electron chi connectivity index (χ2n) is 7.28. The van der Waals surface area contributed by atoms with Crippen LogP contribution >= 0.6 is 11.6 Å². The van der Waals surface area contributed by atoms with Gasteiger partial charge in [0.2, 0.25) is 0 Å². The van der Waals surface area contributed by atoms with E-state index in [1.807, 2.05) is 12.1 Å². The number of aromatic nitrogens is 3. The normalized spacial score (nSPS) is 19.4. The van der Waals surface area contributed by atoms with E-state index in [1.54, 1.807) is 24.5 Å². The topological polar surface area (TPSA) is 97.1 Å². The molecule has 0 unspecified atom stereocenters. The fourth-order valence-electron chi connectivity index (χ4n) is 3.69. The fourth-order valence-corrected chi connectivity index (χ4v) is 3.96. The van der Waals surface area contributed by atoms with E-state index in [0.717, 1.165) is 24.1 Å². The van der Waals surface area contributed by atoms with E-state index < -0.39 is 6.10 Å². The molecule has 0 saturated carbocycles. The van der Waals surface area contributed by atoms with Crippen LogP contribution in [0.1, 0.15) is 19.3 Å². The first-order valence-electron chi connectivity index (χ1n) is 9.55. The number of carbonyl (C=O) groups is 1. The molecule has 3 aromatic rings. The van der Waals surface area contributed by atoms with Gasteiger partial charge in [0.1, 0.15) is 0 Å². The number of Topliss-reactive ketones (excluding diaryl/α,β-unsaturated/α-hetero) is 1. The molecule has 0 bridgehead atoms. The smallest absolute Gasteiger partial charge is 0.261 e. The average Bonchev–Trinajstić information content (AvgIpc) is 2.72. The monoisotopic (exact) mass is 412 g/mol. The number of halogens is 1. The van der Waals surface area contributed by atoms with Gasteiger partial charge in [0, 0.05) is 35.4 Å². The largest absolute Gasteiger partial charge is 0.391 e. The Kier molecular flexibility index (Phi) is 5.71. The molecule has 0 aliphatic carbocycles. The predicted molar refractivity (Wildman–Crippen MR) is 111 cm³/mol. The summed E-state index contributed by atoms with van der Waals surface area (Å²) < 4.78 is 1.29. The number of hydrogen-bond acceptors (Lipinski definition) is 6. The first kappa shape index (κ1) is 19.7. The van der Waals surface area contributed by atoms with Crippen LogP contribution in [0, 0.1) is 0 Å². The standard InChI is InChI=1S/C21H21ClN4O3/c22-17-9-16-18(10-15(17)13-3-6-23-7-4-13)25-12-26(21(16)29)11-14(27)8-19-20(28)2-1-5-24-19/h3-4,6-7,9-10,12,19-20,24,28H,1-2,5,8,11H2/t19-,20+/m0/s1. The number of rotatable bonds is 5. The Bertz CT molecular complexity index is 1100. The summed E-state index contributed by atoms with van der Waals surface area (Å²) in [5.41, 5.74) is 1.84. The lowest BCUT2D eigenvalue weighted by Gasteiger charge is -2.28. The van der Waals surface area contributed by atoms with Crippen LogP contribution in [0.15, 0.2) is 47.8 Å². The number of ketones is 1. The Morgan fingerprint density at radius 2 is 2.10 bits per heavy atom. The van der Waals surface area contributed by atoms with Crippen molar-refractivity contribution in [2.75, 3.05) is 6.54 Å². The van der Waals surface area contributed by atoms with Gasteiger partial charge in [0.15, 0.2) is 5.78 Å². The zero-order valence-corrected chi connectivity index (χ0v) is 16.5. The Morgan fingerprint density at radius 1 is 1.31 bits per heavy atom. The Hall–Kier alpha value is -2.61. The van der Waals surface area contributed by atoms with Gasteiger partial charge in [-0.1, -0.05) is 11.6 Å². The molecule has 2 atom stereocenters. The lowest BCUT2D eigenvalue weighted by molar-refractivity contribution is -0.121. The third-order valence-electron chi connectivity index (χ3n) is 5.25. The third kappa shape index (κ3) is 4.22. The van der Waals surface area contributed by atoms with Gasteiger partial charge < -0.3 is 10.4 Å². The third-order valence-corrected chi connectivity index (χ3v) is 5.56. The first-order chi connectivity index (χ1) is 14.0. The fraction of sp³-hybridized carbons (Fsp3) is 0.333. The van der Waals surface area contributed by atoms with Gasteiger partial charge in [-0.15, -0.1) is 0 Å². The van der Waals surface area contributed by atoms with Gasteiger partial charge in [0.25, 0.3) is 5.56 Å². The molecule has 0 radical (unpaired) electrons. The number of pyridine rings is 1. The number of benzene rings is 1. The molecular formula is C21H21ClN4O3. The summed E-state index contributed by atoms with van der Waals surface area (Å²) >= 11 is 6.41. The average molecular weight is 413 g/mol. The van der Waals surface area contributed by atoms with Crippen LogP contribution in [-0.4, -0.2) is 44.1 Å². The number of carbonyl (C=O) groups excluding carboxylic acids is 1. The minimum absolute atomic E-state index is 0.0869. The van der Waals surface area contributed by atoms with Crippen molar-refractivity contribution in [3.63, 3.8) is 0 Å². The summed E-state index contributed by atoms with van der Waals surface area (Å²) in [6.07, 6.45) is 5.94.